The van der Waals surface area contributed by atoms with Gasteiger partial charge in [-0.2, -0.15) is 0 Å². The summed E-state index contributed by atoms with van der Waals surface area (Å²) in [6, 6.07) is 9.44. The number of oxazole rings is 1. The fraction of sp³-hybridized carbons (Fsp3) is 0.583. The molecule has 0 saturated carbocycles. The highest BCUT2D eigenvalue weighted by Gasteiger charge is 2.44. The molecule has 6 heteroatoms. The average molecular weight is 409 g/mol. The third-order valence-corrected chi connectivity index (χ3v) is 7.42. The summed E-state index contributed by atoms with van der Waals surface area (Å²) in [4.78, 5) is 22.4. The molecule has 1 aromatic carbocycles. The highest BCUT2D eigenvalue weighted by Crippen LogP contribution is 2.42. The van der Waals surface area contributed by atoms with Crippen LogP contribution in [0.4, 0.5) is 0 Å². The first kappa shape index (κ1) is 19.8. The summed E-state index contributed by atoms with van der Waals surface area (Å²) >= 11 is 0. The highest BCUT2D eigenvalue weighted by molar-refractivity contribution is 5.93. The molecule has 2 fully saturated rings. The zero-order valence-electron chi connectivity index (χ0n) is 18.1. The van der Waals surface area contributed by atoms with E-state index in [0.29, 0.717) is 29.9 Å². The first-order valence-electron chi connectivity index (χ1n) is 11.3. The number of carbonyl (C=O) groups is 1. The number of nitrogens with zero attached hydrogens (tertiary/aromatic N) is 3. The van der Waals surface area contributed by atoms with Crippen LogP contribution in [-0.2, 0) is 12.0 Å². The van der Waals surface area contributed by atoms with Gasteiger partial charge < -0.3 is 19.5 Å². The third-order valence-electron chi connectivity index (χ3n) is 7.42. The van der Waals surface area contributed by atoms with Crippen LogP contribution in [0.3, 0.4) is 0 Å². The zero-order chi connectivity index (χ0) is 20.7. The predicted molar refractivity (Wildman–Crippen MR) is 116 cm³/mol. The van der Waals surface area contributed by atoms with Crippen LogP contribution in [0.5, 0.6) is 0 Å². The Labute approximate surface area is 178 Å². The van der Waals surface area contributed by atoms with E-state index in [4.69, 9.17) is 4.42 Å². The number of amides is 1. The average Bonchev–Trinajstić information content (AvgIpc) is 3.12. The number of carbonyl (C=O) groups excluding carboxylic acids is 1. The zero-order valence-corrected chi connectivity index (χ0v) is 18.1. The van der Waals surface area contributed by atoms with Crippen LogP contribution in [-0.4, -0.2) is 59.5 Å². The van der Waals surface area contributed by atoms with Crippen LogP contribution in [0.15, 0.2) is 28.7 Å². The number of hydrogen-bond donors (Lipinski definition) is 1. The molecular weight excluding hydrogens is 376 g/mol. The minimum Gasteiger partial charge on any atom is -0.445 e. The van der Waals surface area contributed by atoms with Crippen LogP contribution in [0.1, 0.15) is 58.9 Å². The van der Waals surface area contributed by atoms with Crippen molar-refractivity contribution in [3.63, 3.8) is 0 Å². The minimum absolute atomic E-state index is 0.000914. The Hall–Kier alpha value is -2.18. The SMILES string of the molecule is Cc1nc(C(=O)N2Cc3ccccc3C3(CCN(C4CCNCC4)CC3)C2)c(C)o1. The van der Waals surface area contributed by atoms with E-state index in [9.17, 15) is 4.79 Å². The number of hydrogen-bond acceptors (Lipinski definition) is 5. The lowest BCUT2D eigenvalue weighted by atomic mass is 9.68. The normalized spacial score (nSPS) is 22.3. The number of piperidine rings is 2. The van der Waals surface area contributed by atoms with Crippen molar-refractivity contribution in [2.45, 2.75) is 57.5 Å². The lowest BCUT2D eigenvalue weighted by molar-refractivity contribution is 0.0487. The molecule has 0 bridgehead atoms. The number of nitrogens with one attached hydrogen (secondary N) is 1. The Morgan fingerprint density at radius 1 is 1.17 bits per heavy atom. The smallest absolute Gasteiger partial charge is 0.276 e. The van der Waals surface area contributed by atoms with Crippen molar-refractivity contribution < 1.29 is 9.21 Å². The number of rotatable bonds is 2. The Morgan fingerprint density at radius 2 is 1.90 bits per heavy atom. The molecule has 3 aliphatic rings. The Bertz CT molecular complexity index is 923. The lowest BCUT2D eigenvalue weighted by Gasteiger charge is -2.50. The second-order valence-electron chi connectivity index (χ2n) is 9.25. The van der Waals surface area contributed by atoms with Crippen molar-refractivity contribution in [3.8, 4) is 0 Å². The second kappa shape index (κ2) is 7.82. The van der Waals surface area contributed by atoms with Gasteiger partial charge in [-0.25, -0.2) is 4.98 Å². The molecular formula is C24H32N4O2. The van der Waals surface area contributed by atoms with E-state index in [1.165, 1.54) is 24.0 Å². The summed E-state index contributed by atoms with van der Waals surface area (Å²) in [6.07, 6.45) is 4.71. The standard InChI is InChI=1S/C24H32N4O2/c1-17-22(26-18(2)30-17)23(29)28-15-19-5-3-4-6-21(19)24(16-28)9-13-27(14-10-24)20-7-11-25-12-8-20/h3-6,20,25H,7-16H2,1-2H3. The van der Waals surface area contributed by atoms with E-state index in [-0.39, 0.29) is 11.3 Å². The van der Waals surface area contributed by atoms with Gasteiger partial charge in [0.1, 0.15) is 5.76 Å². The molecule has 5 rings (SSSR count). The van der Waals surface area contributed by atoms with Crippen molar-refractivity contribution in [2.24, 2.45) is 0 Å². The molecule has 1 spiro atoms. The summed E-state index contributed by atoms with van der Waals surface area (Å²) in [5, 5.41) is 3.48. The van der Waals surface area contributed by atoms with Crippen LogP contribution < -0.4 is 5.32 Å². The van der Waals surface area contributed by atoms with Gasteiger partial charge in [0.05, 0.1) is 0 Å². The van der Waals surface area contributed by atoms with Gasteiger partial charge in [0.15, 0.2) is 11.6 Å². The molecule has 3 aliphatic heterocycles. The van der Waals surface area contributed by atoms with Gasteiger partial charge in [0.2, 0.25) is 0 Å². The molecule has 0 radical (unpaired) electrons. The number of aryl methyl sites for hydroxylation is 2. The molecule has 2 saturated heterocycles. The van der Waals surface area contributed by atoms with E-state index in [0.717, 1.165) is 45.6 Å². The molecule has 1 amide bonds. The van der Waals surface area contributed by atoms with E-state index in [1.807, 2.05) is 11.8 Å². The van der Waals surface area contributed by atoms with Crippen LogP contribution in [0.25, 0.3) is 0 Å². The quantitative estimate of drug-likeness (QED) is 0.828. The van der Waals surface area contributed by atoms with Crippen molar-refractivity contribution >= 4 is 5.91 Å². The van der Waals surface area contributed by atoms with E-state index >= 15 is 0 Å². The van der Waals surface area contributed by atoms with Crippen molar-refractivity contribution in [1.29, 1.82) is 0 Å². The predicted octanol–water partition coefficient (Wildman–Crippen LogP) is 3.03. The fourth-order valence-corrected chi connectivity index (χ4v) is 5.82. The Balaban J connectivity index is 1.40. The number of aromatic nitrogens is 1. The van der Waals surface area contributed by atoms with Crippen molar-refractivity contribution in [1.82, 2.24) is 20.1 Å². The Morgan fingerprint density at radius 3 is 2.60 bits per heavy atom. The monoisotopic (exact) mass is 408 g/mol. The lowest BCUT2D eigenvalue weighted by Crippen LogP contribution is -2.55. The number of likely N-dealkylation sites (tertiary alicyclic amines) is 1. The van der Waals surface area contributed by atoms with Crippen LogP contribution in [0.2, 0.25) is 0 Å². The van der Waals surface area contributed by atoms with Gasteiger partial charge in [0.25, 0.3) is 5.91 Å². The Kier molecular flexibility index (Phi) is 5.15. The van der Waals surface area contributed by atoms with Gasteiger partial charge >= 0.3 is 0 Å². The topological polar surface area (TPSA) is 61.6 Å². The molecule has 4 heterocycles. The van der Waals surface area contributed by atoms with E-state index in [2.05, 4.69) is 39.5 Å². The summed E-state index contributed by atoms with van der Waals surface area (Å²) in [5.74, 6) is 1.17. The highest BCUT2D eigenvalue weighted by atomic mass is 16.4. The molecule has 0 unspecified atom stereocenters. The number of benzene rings is 1. The first-order valence-corrected chi connectivity index (χ1v) is 11.3. The maximum atomic E-state index is 13.4. The summed E-state index contributed by atoms with van der Waals surface area (Å²) < 4.78 is 5.54. The van der Waals surface area contributed by atoms with Crippen LogP contribution >= 0.6 is 0 Å². The van der Waals surface area contributed by atoms with Gasteiger partial charge in [-0.15, -0.1) is 0 Å². The minimum atomic E-state index is -0.000914. The molecule has 0 atom stereocenters. The summed E-state index contributed by atoms with van der Waals surface area (Å²) in [7, 11) is 0. The largest absolute Gasteiger partial charge is 0.445 e. The van der Waals surface area contributed by atoms with Crippen LogP contribution in [0, 0.1) is 13.8 Å². The second-order valence-corrected chi connectivity index (χ2v) is 9.25. The van der Waals surface area contributed by atoms with E-state index in [1.54, 1.807) is 6.92 Å². The van der Waals surface area contributed by atoms with Gasteiger partial charge in [-0.1, -0.05) is 24.3 Å². The molecule has 2 aromatic rings. The molecule has 30 heavy (non-hydrogen) atoms. The fourth-order valence-electron chi connectivity index (χ4n) is 5.82. The van der Waals surface area contributed by atoms with Crippen molar-refractivity contribution in [3.05, 3.63) is 52.7 Å². The maximum absolute atomic E-state index is 13.4. The number of fused-ring (bicyclic) bond motifs is 2. The van der Waals surface area contributed by atoms with Gasteiger partial charge in [-0.05, 0) is 69.9 Å². The van der Waals surface area contributed by atoms with Gasteiger partial charge in [-0.3, -0.25) is 4.79 Å². The maximum Gasteiger partial charge on any atom is 0.276 e. The van der Waals surface area contributed by atoms with Crippen molar-refractivity contribution in [2.75, 3.05) is 32.7 Å². The third kappa shape index (κ3) is 3.46. The first-order chi connectivity index (χ1) is 14.6. The molecule has 0 aliphatic carbocycles. The molecule has 160 valence electrons. The molecule has 1 aromatic heterocycles. The summed E-state index contributed by atoms with van der Waals surface area (Å²) in [6.45, 7) is 9.55. The molecule has 6 nitrogen and oxygen atoms in total. The van der Waals surface area contributed by atoms with E-state index < -0.39 is 0 Å². The molecule has 1 N–H and O–H groups in total. The van der Waals surface area contributed by atoms with Gasteiger partial charge in [0, 0.05) is 31.5 Å². The summed E-state index contributed by atoms with van der Waals surface area (Å²) in [5.41, 5.74) is 3.24.